The van der Waals surface area contributed by atoms with Crippen LogP contribution in [0.4, 0.5) is 0 Å². The zero-order chi connectivity index (χ0) is 18.4. The molecule has 0 saturated carbocycles. The van der Waals surface area contributed by atoms with Crippen molar-refractivity contribution in [3.63, 3.8) is 0 Å². The summed E-state index contributed by atoms with van der Waals surface area (Å²) < 4.78 is 1.62. The highest BCUT2D eigenvalue weighted by atomic mass is 16.2. The van der Waals surface area contributed by atoms with Crippen molar-refractivity contribution in [3.05, 3.63) is 71.7 Å². The number of hydrogen-bond donors (Lipinski definition) is 0. The van der Waals surface area contributed by atoms with Crippen LogP contribution >= 0.6 is 0 Å². The molecule has 0 saturated heterocycles. The highest BCUT2D eigenvalue weighted by molar-refractivity contribution is 6.50. The number of carbonyl (C=O) groups excluding carboxylic acids is 3. The Kier molecular flexibility index (Phi) is 3.54. The summed E-state index contributed by atoms with van der Waals surface area (Å²) in [6.07, 6.45) is 0. The van der Waals surface area contributed by atoms with E-state index in [4.69, 9.17) is 0 Å². The quantitative estimate of drug-likeness (QED) is 0.669. The Labute approximate surface area is 149 Å². The van der Waals surface area contributed by atoms with Gasteiger partial charge in [0.25, 0.3) is 11.7 Å². The van der Waals surface area contributed by atoms with E-state index in [0.29, 0.717) is 16.9 Å². The summed E-state index contributed by atoms with van der Waals surface area (Å²) in [5.74, 6) is -1.68. The van der Waals surface area contributed by atoms with Crippen molar-refractivity contribution in [3.8, 4) is 16.9 Å². The van der Waals surface area contributed by atoms with E-state index in [2.05, 4.69) is 4.98 Å². The second-order valence-corrected chi connectivity index (χ2v) is 6.21. The van der Waals surface area contributed by atoms with Gasteiger partial charge >= 0.3 is 0 Å². The molecule has 0 fully saturated rings. The fourth-order valence-electron chi connectivity index (χ4n) is 3.11. The molecule has 6 heteroatoms. The van der Waals surface area contributed by atoms with Gasteiger partial charge in [-0.2, -0.15) is 0 Å². The van der Waals surface area contributed by atoms with Crippen LogP contribution in [0.1, 0.15) is 31.5 Å². The van der Waals surface area contributed by atoms with Crippen LogP contribution in [0, 0.1) is 0 Å². The van der Waals surface area contributed by atoms with Gasteiger partial charge in [-0.1, -0.05) is 42.5 Å². The first-order chi connectivity index (χ1) is 12.5. The maximum absolute atomic E-state index is 12.7. The highest BCUT2D eigenvalue weighted by Gasteiger charge is 2.37. The van der Waals surface area contributed by atoms with E-state index in [9.17, 15) is 14.4 Å². The average molecular weight is 345 g/mol. The van der Waals surface area contributed by atoms with Gasteiger partial charge in [-0.05, 0) is 12.1 Å². The number of ketones is 2. The number of imidazole rings is 1. The normalized spacial score (nSPS) is 12.5. The first-order valence-electron chi connectivity index (χ1n) is 8.09. The lowest BCUT2D eigenvalue weighted by Gasteiger charge is -2.19. The van der Waals surface area contributed by atoms with Crippen LogP contribution in [0.3, 0.4) is 0 Å². The Hall–Kier alpha value is -3.54. The van der Waals surface area contributed by atoms with E-state index >= 15 is 0 Å². The van der Waals surface area contributed by atoms with Crippen molar-refractivity contribution in [2.75, 3.05) is 14.1 Å². The third-order valence-electron chi connectivity index (χ3n) is 4.33. The molecule has 2 aromatic carbocycles. The number of fused-ring (bicyclic) bond motifs is 3. The van der Waals surface area contributed by atoms with Gasteiger partial charge < -0.3 is 4.90 Å². The molecule has 26 heavy (non-hydrogen) atoms. The summed E-state index contributed by atoms with van der Waals surface area (Å²) in [7, 11) is 3.24. The highest BCUT2D eigenvalue weighted by Crippen LogP contribution is 2.34. The summed E-state index contributed by atoms with van der Waals surface area (Å²) in [4.78, 5) is 43.4. The van der Waals surface area contributed by atoms with E-state index in [1.165, 1.54) is 4.90 Å². The monoisotopic (exact) mass is 345 g/mol. The molecule has 1 amide bonds. The Morgan fingerprint density at radius 3 is 2.27 bits per heavy atom. The number of amides is 1. The van der Waals surface area contributed by atoms with Gasteiger partial charge in [0, 0.05) is 19.7 Å². The number of Topliss-reactive ketones (excluding diaryl/α,β-unsaturated/α-hetero) is 2. The zero-order valence-corrected chi connectivity index (χ0v) is 14.3. The standard InChI is InChI=1S/C20H15N3O3/c1-22(2)20(26)15-16(12-8-4-3-5-9-12)23-14-11-7-6-10-13(14)17(24)18(25)19(23)21-15/h3-11H,1-2H3. The molecule has 1 aliphatic heterocycles. The summed E-state index contributed by atoms with van der Waals surface area (Å²) in [6.45, 7) is 0. The molecule has 0 unspecified atom stereocenters. The first-order valence-corrected chi connectivity index (χ1v) is 8.09. The van der Waals surface area contributed by atoms with E-state index in [-0.39, 0.29) is 17.4 Å². The third kappa shape index (κ3) is 2.19. The summed E-state index contributed by atoms with van der Waals surface area (Å²) in [5.41, 5.74) is 2.26. The fourth-order valence-corrected chi connectivity index (χ4v) is 3.11. The summed E-state index contributed by atoms with van der Waals surface area (Å²) >= 11 is 0. The van der Waals surface area contributed by atoms with Crippen LogP contribution in [0.25, 0.3) is 16.9 Å². The molecule has 128 valence electrons. The molecule has 0 bridgehead atoms. The molecule has 1 aliphatic rings. The Morgan fingerprint density at radius 2 is 1.58 bits per heavy atom. The lowest BCUT2D eigenvalue weighted by molar-refractivity contribution is 0.0802. The van der Waals surface area contributed by atoms with Gasteiger partial charge in [-0.25, -0.2) is 4.98 Å². The topological polar surface area (TPSA) is 72.3 Å². The van der Waals surface area contributed by atoms with Crippen molar-refractivity contribution in [2.45, 2.75) is 0 Å². The van der Waals surface area contributed by atoms with Crippen LogP contribution in [0.2, 0.25) is 0 Å². The largest absolute Gasteiger partial charge is 0.343 e. The minimum absolute atomic E-state index is 0.0299. The predicted octanol–water partition coefficient (Wildman–Crippen LogP) is 2.62. The van der Waals surface area contributed by atoms with Gasteiger partial charge in [-0.3, -0.25) is 19.0 Å². The van der Waals surface area contributed by atoms with Gasteiger partial charge in [0.1, 0.15) is 0 Å². The van der Waals surface area contributed by atoms with Crippen molar-refractivity contribution in [1.82, 2.24) is 14.5 Å². The van der Waals surface area contributed by atoms with E-state index < -0.39 is 11.6 Å². The SMILES string of the molecule is CN(C)C(=O)c1nc2n(c1-c1ccccc1)-c1ccccc1C(=O)C2=O. The number of carbonyl (C=O) groups is 3. The van der Waals surface area contributed by atoms with Crippen molar-refractivity contribution in [1.29, 1.82) is 0 Å². The second kappa shape index (κ2) is 5.77. The minimum Gasteiger partial charge on any atom is -0.343 e. The molecule has 1 aromatic heterocycles. The first kappa shape index (κ1) is 16.0. The van der Waals surface area contributed by atoms with Gasteiger partial charge in [0.2, 0.25) is 5.78 Å². The van der Waals surface area contributed by atoms with Crippen LogP contribution in [0.15, 0.2) is 54.6 Å². The minimum atomic E-state index is -0.710. The molecule has 0 atom stereocenters. The molecule has 0 aliphatic carbocycles. The number of para-hydroxylation sites is 1. The zero-order valence-electron chi connectivity index (χ0n) is 14.3. The average Bonchev–Trinajstić information content (AvgIpc) is 3.07. The molecule has 6 nitrogen and oxygen atoms in total. The Morgan fingerprint density at radius 1 is 0.923 bits per heavy atom. The second-order valence-electron chi connectivity index (χ2n) is 6.21. The molecule has 3 aromatic rings. The maximum atomic E-state index is 12.7. The lowest BCUT2D eigenvalue weighted by Crippen LogP contribution is -2.26. The van der Waals surface area contributed by atoms with Crippen LogP contribution < -0.4 is 0 Å². The van der Waals surface area contributed by atoms with E-state index in [1.54, 1.807) is 42.9 Å². The van der Waals surface area contributed by atoms with Crippen molar-refractivity contribution < 1.29 is 14.4 Å². The number of benzene rings is 2. The van der Waals surface area contributed by atoms with Crippen LogP contribution in [-0.4, -0.2) is 46.0 Å². The van der Waals surface area contributed by atoms with Gasteiger partial charge in [0.15, 0.2) is 11.5 Å². The fraction of sp³-hybridized carbons (Fsp3) is 0.100. The smallest absolute Gasteiger partial charge is 0.274 e. The van der Waals surface area contributed by atoms with Crippen LogP contribution in [-0.2, 0) is 0 Å². The van der Waals surface area contributed by atoms with Crippen molar-refractivity contribution in [2.24, 2.45) is 0 Å². The predicted molar refractivity (Wildman–Crippen MR) is 95.7 cm³/mol. The molecule has 0 radical (unpaired) electrons. The Balaban J connectivity index is 2.12. The number of aromatic nitrogens is 2. The van der Waals surface area contributed by atoms with Gasteiger partial charge in [0.05, 0.1) is 16.9 Å². The molecular weight excluding hydrogens is 330 g/mol. The number of hydrogen-bond acceptors (Lipinski definition) is 4. The third-order valence-corrected chi connectivity index (χ3v) is 4.33. The van der Waals surface area contributed by atoms with Crippen LogP contribution in [0.5, 0.6) is 0 Å². The maximum Gasteiger partial charge on any atom is 0.274 e. The molecule has 0 N–H and O–H groups in total. The van der Waals surface area contributed by atoms with Crippen molar-refractivity contribution >= 4 is 17.5 Å². The number of rotatable bonds is 2. The number of nitrogens with zero attached hydrogens (tertiary/aromatic N) is 3. The van der Waals surface area contributed by atoms with E-state index in [0.717, 1.165) is 5.56 Å². The van der Waals surface area contributed by atoms with E-state index in [1.807, 2.05) is 30.3 Å². The molecule has 0 spiro atoms. The molecule has 2 heterocycles. The lowest BCUT2D eigenvalue weighted by atomic mass is 10.00. The molecular formula is C20H15N3O3. The summed E-state index contributed by atoms with van der Waals surface area (Å²) in [5, 5.41) is 0. The Bertz CT molecular complexity index is 1070. The van der Waals surface area contributed by atoms with Gasteiger partial charge in [-0.15, -0.1) is 0 Å². The summed E-state index contributed by atoms with van der Waals surface area (Å²) in [6, 6.07) is 16.1. The molecule has 4 rings (SSSR count).